The molecule has 22 heavy (non-hydrogen) atoms. The summed E-state index contributed by atoms with van der Waals surface area (Å²) in [4.78, 5) is 21.7. The van der Waals surface area contributed by atoms with Gasteiger partial charge < -0.3 is 14.2 Å². The first kappa shape index (κ1) is 13.9. The van der Waals surface area contributed by atoms with Crippen molar-refractivity contribution >= 4 is 12.2 Å². The number of nitro groups is 1. The molecule has 0 radical (unpaired) electrons. The Labute approximate surface area is 125 Å². The van der Waals surface area contributed by atoms with Crippen molar-refractivity contribution in [3.05, 3.63) is 63.7 Å². The number of fused-ring (bicyclic) bond motifs is 1. The zero-order valence-corrected chi connectivity index (χ0v) is 11.3. The van der Waals surface area contributed by atoms with Gasteiger partial charge in [0.2, 0.25) is 12.5 Å². The standard InChI is InChI=1S/C15H11NO6/c17-8-20-14(10-4-2-1-3-5-10)11-6-7-12-15(22-9-21-12)13(11)16(18)19/h1-8,14H,9H2. The number of ether oxygens (including phenoxy) is 3. The zero-order valence-electron chi connectivity index (χ0n) is 11.3. The van der Waals surface area contributed by atoms with Crippen LogP contribution in [0, 0.1) is 10.1 Å². The van der Waals surface area contributed by atoms with Crippen LogP contribution in [0.1, 0.15) is 17.2 Å². The molecule has 0 aromatic heterocycles. The van der Waals surface area contributed by atoms with E-state index in [0.29, 0.717) is 11.3 Å². The van der Waals surface area contributed by atoms with Gasteiger partial charge in [-0.1, -0.05) is 30.3 Å². The number of nitrogens with zero attached hydrogens (tertiary/aromatic N) is 1. The van der Waals surface area contributed by atoms with E-state index in [0.717, 1.165) is 0 Å². The topological polar surface area (TPSA) is 87.9 Å². The summed E-state index contributed by atoms with van der Waals surface area (Å²) < 4.78 is 15.4. The molecule has 1 atom stereocenters. The first-order valence-corrected chi connectivity index (χ1v) is 6.43. The Kier molecular flexibility index (Phi) is 3.61. The summed E-state index contributed by atoms with van der Waals surface area (Å²) in [6, 6.07) is 11.8. The zero-order chi connectivity index (χ0) is 15.5. The van der Waals surface area contributed by atoms with E-state index in [4.69, 9.17) is 14.2 Å². The van der Waals surface area contributed by atoms with E-state index in [1.807, 2.05) is 0 Å². The van der Waals surface area contributed by atoms with Gasteiger partial charge in [0.05, 0.1) is 10.5 Å². The fourth-order valence-corrected chi connectivity index (χ4v) is 2.39. The highest BCUT2D eigenvalue weighted by atomic mass is 16.7. The third-order valence-electron chi connectivity index (χ3n) is 3.30. The SMILES string of the molecule is O=COC(c1ccccc1)c1ccc2c(c1[N+](=O)[O-])OCO2. The van der Waals surface area contributed by atoms with Crippen LogP contribution < -0.4 is 9.47 Å². The van der Waals surface area contributed by atoms with Crippen LogP contribution in [0.4, 0.5) is 5.69 Å². The molecule has 2 aromatic rings. The van der Waals surface area contributed by atoms with E-state index in [1.54, 1.807) is 36.4 Å². The van der Waals surface area contributed by atoms with Crippen molar-refractivity contribution in [3.63, 3.8) is 0 Å². The molecule has 1 unspecified atom stereocenters. The minimum Gasteiger partial charge on any atom is -0.454 e. The molecule has 7 heteroatoms. The van der Waals surface area contributed by atoms with Crippen LogP contribution >= 0.6 is 0 Å². The average Bonchev–Trinajstić information content (AvgIpc) is 3.00. The molecule has 0 aliphatic carbocycles. The number of hydrogen-bond donors (Lipinski definition) is 0. The average molecular weight is 301 g/mol. The monoisotopic (exact) mass is 301 g/mol. The number of carbonyl (C=O) groups excluding carboxylic acids is 1. The Bertz CT molecular complexity index is 715. The van der Waals surface area contributed by atoms with Crippen molar-refractivity contribution < 1.29 is 23.9 Å². The van der Waals surface area contributed by atoms with E-state index >= 15 is 0 Å². The van der Waals surface area contributed by atoms with Crippen LogP contribution in [0.2, 0.25) is 0 Å². The maximum Gasteiger partial charge on any atom is 0.322 e. The molecule has 0 saturated carbocycles. The second-order valence-electron chi connectivity index (χ2n) is 4.52. The van der Waals surface area contributed by atoms with E-state index in [-0.39, 0.29) is 30.3 Å². The van der Waals surface area contributed by atoms with E-state index < -0.39 is 11.0 Å². The maximum atomic E-state index is 11.4. The van der Waals surface area contributed by atoms with Gasteiger partial charge in [0.25, 0.3) is 6.47 Å². The summed E-state index contributed by atoms with van der Waals surface area (Å²) in [6.07, 6.45) is -0.895. The molecule has 3 rings (SSSR count). The highest BCUT2D eigenvalue weighted by Gasteiger charge is 2.34. The fourth-order valence-electron chi connectivity index (χ4n) is 2.39. The number of carbonyl (C=O) groups is 1. The highest BCUT2D eigenvalue weighted by molar-refractivity contribution is 5.63. The van der Waals surface area contributed by atoms with Crippen molar-refractivity contribution in [1.29, 1.82) is 0 Å². The lowest BCUT2D eigenvalue weighted by atomic mass is 9.99. The molecule has 7 nitrogen and oxygen atoms in total. The van der Waals surface area contributed by atoms with Crippen molar-refractivity contribution in [3.8, 4) is 11.5 Å². The lowest BCUT2D eigenvalue weighted by Gasteiger charge is -2.16. The van der Waals surface area contributed by atoms with Crippen LogP contribution in [0.5, 0.6) is 11.5 Å². The van der Waals surface area contributed by atoms with Crippen LogP contribution in [-0.4, -0.2) is 18.2 Å². The first-order chi connectivity index (χ1) is 10.7. The molecule has 0 fully saturated rings. The third kappa shape index (κ3) is 2.32. The van der Waals surface area contributed by atoms with Crippen molar-refractivity contribution in [2.45, 2.75) is 6.10 Å². The lowest BCUT2D eigenvalue weighted by molar-refractivity contribution is -0.386. The van der Waals surface area contributed by atoms with Gasteiger partial charge in [-0.15, -0.1) is 0 Å². The van der Waals surface area contributed by atoms with Crippen LogP contribution in [0.15, 0.2) is 42.5 Å². The second kappa shape index (κ2) is 5.72. The molecule has 2 aromatic carbocycles. The van der Waals surface area contributed by atoms with Crippen LogP contribution in [0.3, 0.4) is 0 Å². The van der Waals surface area contributed by atoms with Gasteiger partial charge in [-0.2, -0.15) is 0 Å². The molecule has 1 heterocycles. The molecule has 1 aliphatic rings. The number of benzene rings is 2. The summed E-state index contributed by atoms with van der Waals surface area (Å²) in [7, 11) is 0. The second-order valence-corrected chi connectivity index (χ2v) is 4.52. The highest BCUT2D eigenvalue weighted by Crippen LogP contribution is 2.46. The summed E-state index contributed by atoms with van der Waals surface area (Å²) in [5.74, 6) is 0.353. The van der Waals surface area contributed by atoms with Crippen molar-refractivity contribution in [2.24, 2.45) is 0 Å². The Morgan fingerprint density at radius 2 is 1.95 bits per heavy atom. The summed E-state index contributed by atoms with van der Waals surface area (Å²) in [6.45, 7) is 0.191. The van der Waals surface area contributed by atoms with E-state index in [9.17, 15) is 14.9 Å². The third-order valence-corrected chi connectivity index (χ3v) is 3.30. The number of rotatable bonds is 5. The summed E-state index contributed by atoms with van der Waals surface area (Å²) >= 11 is 0. The number of nitro benzene ring substituents is 1. The summed E-state index contributed by atoms with van der Waals surface area (Å²) in [5.41, 5.74) is 0.592. The van der Waals surface area contributed by atoms with Crippen molar-refractivity contribution in [1.82, 2.24) is 0 Å². The molecule has 0 bridgehead atoms. The lowest BCUT2D eigenvalue weighted by Crippen LogP contribution is -2.08. The first-order valence-electron chi connectivity index (χ1n) is 6.43. The maximum absolute atomic E-state index is 11.4. The Morgan fingerprint density at radius 3 is 2.64 bits per heavy atom. The quantitative estimate of drug-likeness (QED) is 0.479. The Hall–Kier alpha value is -3.09. The largest absolute Gasteiger partial charge is 0.454 e. The van der Waals surface area contributed by atoms with Gasteiger partial charge in [-0.3, -0.25) is 14.9 Å². The van der Waals surface area contributed by atoms with Crippen LogP contribution in [-0.2, 0) is 9.53 Å². The molecule has 0 spiro atoms. The molecule has 1 aliphatic heterocycles. The minimum absolute atomic E-state index is 0.0536. The van der Waals surface area contributed by atoms with Gasteiger partial charge in [0, 0.05) is 0 Å². The minimum atomic E-state index is -0.895. The number of hydrogen-bond acceptors (Lipinski definition) is 6. The van der Waals surface area contributed by atoms with Gasteiger partial charge in [-0.25, -0.2) is 0 Å². The molecule has 0 saturated heterocycles. The molecule has 112 valence electrons. The van der Waals surface area contributed by atoms with Gasteiger partial charge in [-0.05, 0) is 17.7 Å². The van der Waals surface area contributed by atoms with E-state index in [2.05, 4.69) is 0 Å². The van der Waals surface area contributed by atoms with E-state index in [1.165, 1.54) is 6.07 Å². The molecular formula is C15H11NO6. The molecule has 0 N–H and O–H groups in total. The normalized spacial score (nSPS) is 13.5. The Morgan fingerprint density at radius 1 is 1.18 bits per heavy atom. The molecule has 0 amide bonds. The van der Waals surface area contributed by atoms with Gasteiger partial charge in [0.1, 0.15) is 0 Å². The van der Waals surface area contributed by atoms with Gasteiger partial charge >= 0.3 is 5.69 Å². The smallest absolute Gasteiger partial charge is 0.322 e. The van der Waals surface area contributed by atoms with Gasteiger partial charge in [0.15, 0.2) is 11.9 Å². The predicted octanol–water partition coefficient (Wildman–Crippen LogP) is 2.59. The van der Waals surface area contributed by atoms with Crippen LogP contribution in [0.25, 0.3) is 0 Å². The van der Waals surface area contributed by atoms with Crippen molar-refractivity contribution in [2.75, 3.05) is 6.79 Å². The predicted molar refractivity (Wildman–Crippen MR) is 74.7 cm³/mol. The fraction of sp³-hybridized carbons (Fsp3) is 0.133. The summed E-state index contributed by atoms with van der Waals surface area (Å²) in [5, 5.41) is 11.4. The Balaban J connectivity index is 2.16. The molecular weight excluding hydrogens is 290 g/mol.